The summed E-state index contributed by atoms with van der Waals surface area (Å²) in [5.74, 6) is 0.595. The Bertz CT molecular complexity index is 716. The molecule has 0 aliphatic carbocycles. The highest BCUT2D eigenvalue weighted by atomic mass is 16.5. The Balaban J connectivity index is 2.13. The molecule has 1 aromatic carbocycles. The molecular weight excluding hydrogens is 242 g/mol. The zero-order valence-corrected chi connectivity index (χ0v) is 10.3. The Labute approximate surface area is 109 Å². The monoisotopic (exact) mass is 253 g/mol. The average Bonchev–Trinajstić information content (AvgIpc) is 2.82. The highest BCUT2D eigenvalue weighted by Crippen LogP contribution is 2.27. The number of esters is 1. The fourth-order valence-electron chi connectivity index (χ4n) is 1.87. The zero-order chi connectivity index (χ0) is 13.2. The van der Waals surface area contributed by atoms with Gasteiger partial charge in [-0.3, -0.25) is 4.79 Å². The maximum atomic E-state index is 11.1. The number of nitrogens with one attached hydrogen (secondary N) is 1. The maximum Gasteiger partial charge on any atom is 0.308 e. The minimum absolute atomic E-state index is 0.384. The summed E-state index contributed by atoms with van der Waals surface area (Å²) in [4.78, 5) is 22.9. The molecule has 3 rings (SSSR count). The maximum absolute atomic E-state index is 11.1. The first kappa shape index (κ1) is 11.4. The summed E-state index contributed by atoms with van der Waals surface area (Å²) < 4.78 is 5.13. The number of carbonyl (C=O) groups is 1. The van der Waals surface area contributed by atoms with Gasteiger partial charge in [0.25, 0.3) is 0 Å². The number of hydrogen-bond acceptors (Lipinski definition) is 4. The molecule has 94 valence electrons. The number of carbonyl (C=O) groups excluding carboxylic acids is 1. The van der Waals surface area contributed by atoms with Gasteiger partial charge in [0.05, 0.1) is 11.0 Å². The lowest BCUT2D eigenvalue weighted by molar-refractivity contribution is -0.131. The number of aromatic nitrogens is 3. The average molecular weight is 253 g/mol. The third kappa shape index (κ3) is 2.18. The second-order valence-electron chi connectivity index (χ2n) is 4.05. The van der Waals surface area contributed by atoms with Crippen LogP contribution < -0.4 is 4.74 Å². The van der Waals surface area contributed by atoms with E-state index in [0.717, 1.165) is 11.0 Å². The number of hydrogen-bond donors (Lipinski definition) is 1. The van der Waals surface area contributed by atoms with Gasteiger partial charge in [0.2, 0.25) is 0 Å². The van der Waals surface area contributed by atoms with E-state index in [9.17, 15) is 4.79 Å². The number of ether oxygens (including phenoxy) is 1. The highest BCUT2D eigenvalue weighted by molar-refractivity contribution is 5.80. The second-order valence-corrected chi connectivity index (χ2v) is 4.05. The van der Waals surface area contributed by atoms with Crippen LogP contribution in [0.1, 0.15) is 6.92 Å². The molecule has 5 heteroatoms. The topological polar surface area (TPSA) is 67.9 Å². The number of pyridine rings is 1. The van der Waals surface area contributed by atoms with Crippen molar-refractivity contribution in [2.75, 3.05) is 0 Å². The predicted molar refractivity (Wildman–Crippen MR) is 70.6 cm³/mol. The quantitative estimate of drug-likeness (QED) is 0.713. The summed E-state index contributed by atoms with van der Waals surface area (Å²) in [6.45, 7) is 1.36. The number of aromatic amines is 1. The highest BCUT2D eigenvalue weighted by Gasteiger charge is 2.13. The normalized spacial score (nSPS) is 10.6. The molecule has 0 bridgehead atoms. The van der Waals surface area contributed by atoms with Crippen LogP contribution in [0, 0.1) is 0 Å². The van der Waals surface area contributed by atoms with Gasteiger partial charge < -0.3 is 9.72 Å². The van der Waals surface area contributed by atoms with Gasteiger partial charge in [-0.15, -0.1) is 0 Å². The number of benzene rings is 1. The van der Waals surface area contributed by atoms with Crippen molar-refractivity contribution in [3.05, 3.63) is 42.6 Å². The Morgan fingerprint density at radius 3 is 2.84 bits per heavy atom. The zero-order valence-electron chi connectivity index (χ0n) is 10.3. The molecule has 0 aliphatic heterocycles. The fraction of sp³-hybridized carbons (Fsp3) is 0.0714. The summed E-state index contributed by atoms with van der Waals surface area (Å²) in [7, 11) is 0. The van der Waals surface area contributed by atoms with E-state index in [0.29, 0.717) is 17.3 Å². The van der Waals surface area contributed by atoms with Gasteiger partial charge in [-0.25, -0.2) is 9.97 Å². The van der Waals surface area contributed by atoms with E-state index in [2.05, 4.69) is 15.0 Å². The Kier molecular flexibility index (Phi) is 2.72. The first-order valence-corrected chi connectivity index (χ1v) is 5.82. The van der Waals surface area contributed by atoms with Crippen molar-refractivity contribution in [3.8, 4) is 17.3 Å². The van der Waals surface area contributed by atoms with Crippen molar-refractivity contribution in [1.82, 2.24) is 15.0 Å². The van der Waals surface area contributed by atoms with Gasteiger partial charge in [-0.2, -0.15) is 0 Å². The van der Waals surface area contributed by atoms with Crippen molar-refractivity contribution in [2.45, 2.75) is 6.92 Å². The molecule has 0 aliphatic rings. The van der Waals surface area contributed by atoms with Gasteiger partial charge in [0, 0.05) is 13.1 Å². The van der Waals surface area contributed by atoms with Crippen LogP contribution in [0.25, 0.3) is 22.6 Å². The number of H-pyrrole nitrogens is 1. The van der Waals surface area contributed by atoms with Crippen molar-refractivity contribution < 1.29 is 9.53 Å². The number of fused-ring (bicyclic) bond motifs is 1. The summed E-state index contributed by atoms with van der Waals surface area (Å²) in [5.41, 5.74) is 2.28. The van der Waals surface area contributed by atoms with E-state index in [4.69, 9.17) is 4.74 Å². The largest absolute Gasteiger partial charge is 0.424 e. The molecule has 0 fully saturated rings. The fourth-order valence-corrected chi connectivity index (χ4v) is 1.87. The van der Waals surface area contributed by atoms with Gasteiger partial charge in [0.1, 0.15) is 5.69 Å². The summed E-state index contributed by atoms with van der Waals surface area (Å²) >= 11 is 0. The smallest absolute Gasteiger partial charge is 0.308 e. The molecular formula is C14H11N3O2. The summed E-state index contributed by atoms with van der Waals surface area (Å²) in [6.07, 6.45) is 1.63. The number of para-hydroxylation sites is 2. The third-order valence-electron chi connectivity index (χ3n) is 2.64. The Hall–Kier alpha value is -2.69. The molecule has 0 unspecified atom stereocenters. The lowest BCUT2D eigenvalue weighted by Gasteiger charge is -2.04. The summed E-state index contributed by atoms with van der Waals surface area (Å²) in [5, 5.41) is 0. The second kappa shape index (κ2) is 4.53. The lowest BCUT2D eigenvalue weighted by atomic mass is 10.3. The Morgan fingerprint density at radius 2 is 2.05 bits per heavy atom. The van der Waals surface area contributed by atoms with E-state index in [1.54, 1.807) is 18.3 Å². The van der Waals surface area contributed by atoms with Crippen molar-refractivity contribution in [1.29, 1.82) is 0 Å². The van der Waals surface area contributed by atoms with Gasteiger partial charge >= 0.3 is 5.97 Å². The van der Waals surface area contributed by atoms with Crippen LogP contribution in [-0.4, -0.2) is 20.9 Å². The number of nitrogens with zero attached hydrogens (tertiary/aromatic N) is 2. The Morgan fingerprint density at radius 1 is 1.21 bits per heavy atom. The molecule has 1 N–H and O–H groups in total. The van der Waals surface area contributed by atoms with Crippen LogP contribution in [0.5, 0.6) is 5.75 Å². The first-order valence-electron chi connectivity index (χ1n) is 5.82. The molecule has 0 amide bonds. The van der Waals surface area contributed by atoms with Crippen LogP contribution >= 0.6 is 0 Å². The van der Waals surface area contributed by atoms with Gasteiger partial charge in [0.15, 0.2) is 11.6 Å². The molecule has 19 heavy (non-hydrogen) atoms. The first-order chi connectivity index (χ1) is 9.24. The molecule has 3 aromatic rings. The number of rotatable bonds is 2. The molecule has 2 aromatic heterocycles. The molecule has 2 heterocycles. The van der Waals surface area contributed by atoms with Crippen LogP contribution in [-0.2, 0) is 4.79 Å². The van der Waals surface area contributed by atoms with Crippen molar-refractivity contribution in [2.24, 2.45) is 0 Å². The van der Waals surface area contributed by atoms with E-state index >= 15 is 0 Å². The van der Waals surface area contributed by atoms with Crippen molar-refractivity contribution in [3.63, 3.8) is 0 Å². The predicted octanol–water partition coefficient (Wildman–Crippen LogP) is 2.55. The van der Waals surface area contributed by atoms with E-state index < -0.39 is 0 Å². The van der Waals surface area contributed by atoms with Crippen LogP contribution in [0.3, 0.4) is 0 Å². The SMILES string of the molecule is CC(=O)Oc1cccnc1-c1nc2ccccc2[nH]1. The lowest BCUT2D eigenvalue weighted by Crippen LogP contribution is -2.03. The van der Waals surface area contributed by atoms with E-state index in [1.165, 1.54) is 6.92 Å². The molecule has 5 nitrogen and oxygen atoms in total. The molecule has 0 radical (unpaired) electrons. The molecule has 0 saturated carbocycles. The van der Waals surface area contributed by atoms with Crippen molar-refractivity contribution >= 4 is 17.0 Å². The summed E-state index contributed by atoms with van der Waals surface area (Å²) in [6, 6.07) is 11.1. The van der Waals surface area contributed by atoms with Gasteiger partial charge in [-0.1, -0.05) is 12.1 Å². The van der Waals surface area contributed by atoms with Crippen LogP contribution in [0.4, 0.5) is 0 Å². The van der Waals surface area contributed by atoms with E-state index in [1.807, 2.05) is 24.3 Å². The van der Waals surface area contributed by atoms with E-state index in [-0.39, 0.29) is 5.97 Å². The minimum Gasteiger partial charge on any atom is -0.424 e. The molecule has 0 atom stereocenters. The van der Waals surface area contributed by atoms with Crippen LogP contribution in [0.15, 0.2) is 42.6 Å². The van der Waals surface area contributed by atoms with Crippen LogP contribution in [0.2, 0.25) is 0 Å². The number of imidazole rings is 1. The van der Waals surface area contributed by atoms with Gasteiger partial charge in [-0.05, 0) is 24.3 Å². The third-order valence-corrected chi connectivity index (χ3v) is 2.64. The minimum atomic E-state index is -0.384. The molecule has 0 spiro atoms. The standard InChI is InChI=1S/C14H11N3O2/c1-9(18)19-12-7-4-8-15-13(12)14-16-10-5-2-3-6-11(10)17-14/h2-8H,1H3,(H,16,17). The molecule has 0 saturated heterocycles.